The number of hydrogen-bond acceptors (Lipinski definition) is 4. The Labute approximate surface area is 132 Å². The number of ether oxygens (including phenoxy) is 1. The normalized spacial score (nSPS) is 24.1. The van der Waals surface area contributed by atoms with Gasteiger partial charge < -0.3 is 25.6 Å². The first-order valence-corrected chi connectivity index (χ1v) is 8.14. The summed E-state index contributed by atoms with van der Waals surface area (Å²) in [4.78, 5) is 26.3. The van der Waals surface area contributed by atoms with Crippen molar-refractivity contribution < 1.29 is 14.3 Å². The van der Waals surface area contributed by atoms with Crippen molar-refractivity contribution >= 4 is 11.9 Å². The Morgan fingerprint density at radius 3 is 2.73 bits per heavy atom. The first-order valence-electron chi connectivity index (χ1n) is 8.14. The van der Waals surface area contributed by atoms with Crippen molar-refractivity contribution in [2.75, 3.05) is 46.4 Å². The standard InChI is InChI=1S/C15H28N4O3/c1-3-17-14(21)19-9-4-12(10-19)18-13(20)15(11-22-2)5-7-16-8-6-15/h12,16H,3-11H2,1-2H3,(H,17,21)(H,18,20). The minimum absolute atomic E-state index is 0.0405. The molecule has 0 aromatic carbocycles. The molecule has 2 saturated heterocycles. The molecule has 0 radical (unpaired) electrons. The molecule has 0 aromatic rings. The zero-order chi connectivity index (χ0) is 16.0. The molecule has 1 unspecified atom stereocenters. The molecule has 0 aliphatic carbocycles. The molecule has 3 amide bonds. The summed E-state index contributed by atoms with van der Waals surface area (Å²) in [6.07, 6.45) is 2.39. The summed E-state index contributed by atoms with van der Waals surface area (Å²) in [6.45, 7) is 5.93. The Morgan fingerprint density at radius 1 is 1.36 bits per heavy atom. The van der Waals surface area contributed by atoms with Gasteiger partial charge in [-0.15, -0.1) is 0 Å². The minimum Gasteiger partial charge on any atom is -0.384 e. The third kappa shape index (κ3) is 3.89. The smallest absolute Gasteiger partial charge is 0.317 e. The average molecular weight is 312 g/mol. The van der Waals surface area contributed by atoms with Gasteiger partial charge in [-0.1, -0.05) is 0 Å². The average Bonchev–Trinajstić information content (AvgIpc) is 2.97. The van der Waals surface area contributed by atoms with Crippen LogP contribution in [0.5, 0.6) is 0 Å². The maximum absolute atomic E-state index is 12.7. The molecule has 7 heteroatoms. The van der Waals surface area contributed by atoms with Gasteiger partial charge in [-0.2, -0.15) is 0 Å². The second-order valence-electron chi connectivity index (χ2n) is 6.20. The lowest BCUT2D eigenvalue weighted by molar-refractivity contribution is -0.136. The molecule has 0 spiro atoms. The van der Waals surface area contributed by atoms with Crippen molar-refractivity contribution in [2.45, 2.75) is 32.2 Å². The Kier molecular flexibility index (Phi) is 6.02. The van der Waals surface area contributed by atoms with Gasteiger partial charge in [0.1, 0.15) is 0 Å². The van der Waals surface area contributed by atoms with Crippen LogP contribution in [0.4, 0.5) is 4.79 Å². The fraction of sp³-hybridized carbons (Fsp3) is 0.867. The van der Waals surface area contributed by atoms with Crippen molar-refractivity contribution in [1.29, 1.82) is 0 Å². The van der Waals surface area contributed by atoms with Crippen LogP contribution in [-0.2, 0) is 9.53 Å². The van der Waals surface area contributed by atoms with Crippen molar-refractivity contribution in [1.82, 2.24) is 20.9 Å². The molecule has 2 aliphatic heterocycles. The highest BCUT2D eigenvalue weighted by Crippen LogP contribution is 2.30. The van der Waals surface area contributed by atoms with Crippen molar-refractivity contribution in [3.05, 3.63) is 0 Å². The van der Waals surface area contributed by atoms with Gasteiger partial charge >= 0.3 is 6.03 Å². The predicted molar refractivity (Wildman–Crippen MR) is 83.6 cm³/mol. The van der Waals surface area contributed by atoms with Crippen LogP contribution in [0.2, 0.25) is 0 Å². The Morgan fingerprint density at radius 2 is 2.09 bits per heavy atom. The van der Waals surface area contributed by atoms with Gasteiger partial charge in [0.25, 0.3) is 0 Å². The monoisotopic (exact) mass is 312 g/mol. The SMILES string of the molecule is CCNC(=O)N1CCC(NC(=O)C2(COC)CCNCC2)C1. The van der Waals surface area contributed by atoms with E-state index in [1.165, 1.54) is 0 Å². The molecule has 2 heterocycles. The number of urea groups is 1. The lowest BCUT2D eigenvalue weighted by Crippen LogP contribution is -2.53. The second kappa shape index (κ2) is 7.78. The van der Waals surface area contributed by atoms with E-state index in [2.05, 4.69) is 16.0 Å². The van der Waals surface area contributed by atoms with Gasteiger partial charge in [0, 0.05) is 32.8 Å². The lowest BCUT2D eigenvalue weighted by Gasteiger charge is -2.36. The zero-order valence-corrected chi connectivity index (χ0v) is 13.6. The van der Waals surface area contributed by atoms with Gasteiger partial charge in [0.15, 0.2) is 0 Å². The molecule has 22 heavy (non-hydrogen) atoms. The molecule has 2 aliphatic rings. The number of methoxy groups -OCH3 is 1. The molecule has 1 atom stereocenters. The van der Waals surface area contributed by atoms with Gasteiger partial charge in [0.05, 0.1) is 12.0 Å². The summed E-state index contributed by atoms with van der Waals surface area (Å²) in [5.74, 6) is 0.0681. The van der Waals surface area contributed by atoms with Gasteiger partial charge in [-0.05, 0) is 39.3 Å². The molecule has 0 saturated carbocycles. The maximum atomic E-state index is 12.7. The van der Waals surface area contributed by atoms with E-state index in [0.29, 0.717) is 26.2 Å². The number of nitrogens with one attached hydrogen (secondary N) is 3. The minimum atomic E-state index is -0.431. The highest BCUT2D eigenvalue weighted by molar-refractivity contribution is 5.83. The van der Waals surface area contributed by atoms with Crippen LogP contribution in [0, 0.1) is 5.41 Å². The van der Waals surface area contributed by atoms with Crippen LogP contribution in [0.3, 0.4) is 0 Å². The summed E-state index contributed by atoms with van der Waals surface area (Å²) in [7, 11) is 1.64. The van der Waals surface area contributed by atoms with Crippen LogP contribution in [0.15, 0.2) is 0 Å². The Bertz CT molecular complexity index is 391. The number of carbonyl (C=O) groups excluding carboxylic acids is 2. The number of piperidine rings is 1. The molecule has 2 rings (SSSR count). The summed E-state index contributed by atoms with van der Waals surface area (Å²) in [5.41, 5.74) is -0.431. The molecular formula is C15H28N4O3. The van der Waals surface area contributed by atoms with E-state index in [4.69, 9.17) is 4.74 Å². The number of amides is 3. The number of carbonyl (C=O) groups is 2. The van der Waals surface area contributed by atoms with Gasteiger partial charge in [-0.3, -0.25) is 4.79 Å². The first kappa shape index (κ1) is 17.0. The fourth-order valence-electron chi connectivity index (χ4n) is 3.28. The highest BCUT2D eigenvalue weighted by Gasteiger charge is 2.41. The largest absolute Gasteiger partial charge is 0.384 e. The zero-order valence-electron chi connectivity index (χ0n) is 13.6. The number of likely N-dealkylation sites (tertiary alicyclic amines) is 1. The maximum Gasteiger partial charge on any atom is 0.317 e. The van der Waals surface area contributed by atoms with Crippen molar-refractivity contribution in [2.24, 2.45) is 5.41 Å². The van der Waals surface area contributed by atoms with E-state index in [1.54, 1.807) is 12.0 Å². The topological polar surface area (TPSA) is 82.7 Å². The third-order valence-corrected chi connectivity index (χ3v) is 4.60. The summed E-state index contributed by atoms with van der Waals surface area (Å²) in [5, 5.41) is 9.22. The van der Waals surface area contributed by atoms with E-state index < -0.39 is 5.41 Å². The van der Waals surface area contributed by atoms with Gasteiger partial charge in [-0.25, -0.2) is 4.79 Å². The second-order valence-corrected chi connectivity index (χ2v) is 6.20. The Balaban J connectivity index is 1.89. The molecule has 126 valence electrons. The van der Waals surface area contributed by atoms with Crippen molar-refractivity contribution in [3.63, 3.8) is 0 Å². The van der Waals surface area contributed by atoms with E-state index in [0.717, 1.165) is 32.4 Å². The summed E-state index contributed by atoms with van der Waals surface area (Å²) < 4.78 is 5.30. The van der Waals surface area contributed by atoms with E-state index in [9.17, 15) is 9.59 Å². The molecular weight excluding hydrogens is 284 g/mol. The predicted octanol–water partition coefficient (Wildman–Crippen LogP) is -0.0774. The van der Waals surface area contributed by atoms with Gasteiger partial charge in [0.2, 0.25) is 5.91 Å². The molecule has 0 aromatic heterocycles. The molecule has 2 fully saturated rings. The van der Waals surface area contributed by atoms with E-state index in [1.807, 2.05) is 6.92 Å². The van der Waals surface area contributed by atoms with Crippen LogP contribution in [0.25, 0.3) is 0 Å². The number of hydrogen-bond donors (Lipinski definition) is 3. The lowest BCUT2D eigenvalue weighted by atomic mass is 9.78. The molecule has 3 N–H and O–H groups in total. The summed E-state index contributed by atoms with van der Waals surface area (Å²) in [6, 6.07) is -0.00792. The molecule has 7 nitrogen and oxygen atoms in total. The van der Waals surface area contributed by atoms with Crippen LogP contribution >= 0.6 is 0 Å². The Hall–Kier alpha value is -1.34. The third-order valence-electron chi connectivity index (χ3n) is 4.60. The summed E-state index contributed by atoms with van der Waals surface area (Å²) >= 11 is 0. The van der Waals surface area contributed by atoms with Crippen LogP contribution < -0.4 is 16.0 Å². The number of rotatable bonds is 5. The van der Waals surface area contributed by atoms with Crippen LogP contribution in [0.1, 0.15) is 26.2 Å². The first-order chi connectivity index (χ1) is 10.6. The number of nitrogens with zero attached hydrogens (tertiary/aromatic N) is 1. The van der Waals surface area contributed by atoms with Crippen molar-refractivity contribution in [3.8, 4) is 0 Å². The fourth-order valence-corrected chi connectivity index (χ4v) is 3.28. The van der Waals surface area contributed by atoms with E-state index >= 15 is 0 Å². The van der Waals surface area contributed by atoms with Crippen LogP contribution in [-0.4, -0.2) is 69.3 Å². The van der Waals surface area contributed by atoms with E-state index in [-0.39, 0.29) is 18.0 Å². The quantitative estimate of drug-likeness (QED) is 0.663. The molecule has 0 bridgehead atoms. The highest BCUT2D eigenvalue weighted by atomic mass is 16.5.